The molecule has 3 rings (SSSR count). The molecule has 1 fully saturated rings. The van der Waals surface area contributed by atoms with E-state index in [1.54, 1.807) is 6.92 Å². The number of aryl methyl sites for hydroxylation is 1. The number of ketones is 1. The lowest BCUT2D eigenvalue weighted by Crippen LogP contribution is -2.38. The Bertz CT molecular complexity index is 752. The SMILES string of the molecule is CCCc1ccc(-c2ccc([C@]3(C(C)=O)CC[C@H](CCCCl)CC3)cc2)cc1. The Balaban J connectivity index is 1.75. The van der Waals surface area contributed by atoms with E-state index in [0.717, 1.165) is 50.3 Å². The highest BCUT2D eigenvalue weighted by Crippen LogP contribution is 2.44. The van der Waals surface area contributed by atoms with Gasteiger partial charge >= 0.3 is 0 Å². The van der Waals surface area contributed by atoms with Crippen molar-refractivity contribution in [3.05, 3.63) is 59.7 Å². The van der Waals surface area contributed by atoms with Crippen molar-refractivity contribution in [1.82, 2.24) is 0 Å². The molecule has 0 N–H and O–H groups in total. The fraction of sp³-hybridized carbons (Fsp3) is 0.500. The summed E-state index contributed by atoms with van der Waals surface area (Å²) in [7, 11) is 0. The second kappa shape index (κ2) is 9.74. The third kappa shape index (κ3) is 4.69. The van der Waals surface area contributed by atoms with Crippen LogP contribution in [0.25, 0.3) is 11.1 Å². The molecule has 0 saturated heterocycles. The van der Waals surface area contributed by atoms with Gasteiger partial charge in [-0.1, -0.05) is 61.9 Å². The molecule has 1 aliphatic rings. The number of carbonyl (C=O) groups excluding carboxylic acids is 1. The molecule has 2 heteroatoms. The Morgan fingerprint density at radius 1 is 1.00 bits per heavy atom. The van der Waals surface area contributed by atoms with E-state index in [2.05, 4.69) is 55.5 Å². The molecule has 0 unspecified atom stereocenters. The van der Waals surface area contributed by atoms with Crippen molar-refractivity contribution in [3.63, 3.8) is 0 Å². The van der Waals surface area contributed by atoms with Crippen LogP contribution < -0.4 is 0 Å². The first-order chi connectivity index (χ1) is 13.6. The van der Waals surface area contributed by atoms with Crippen LogP contribution in [0.1, 0.15) is 69.9 Å². The van der Waals surface area contributed by atoms with E-state index in [4.69, 9.17) is 11.6 Å². The largest absolute Gasteiger partial charge is 0.299 e. The summed E-state index contributed by atoms with van der Waals surface area (Å²) in [5.41, 5.74) is 4.77. The number of halogens is 1. The summed E-state index contributed by atoms with van der Waals surface area (Å²) in [5.74, 6) is 1.79. The second-order valence-corrected chi connectivity index (χ2v) is 8.82. The van der Waals surface area contributed by atoms with Gasteiger partial charge in [-0.3, -0.25) is 4.79 Å². The fourth-order valence-corrected chi connectivity index (χ4v) is 4.96. The summed E-state index contributed by atoms with van der Waals surface area (Å²) in [5, 5.41) is 0. The molecular weight excluding hydrogens is 364 g/mol. The molecule has 0 aliphatic heterocycles. The minimum absolute atomic E-state index is 0.291. The lowest BCUT2D eigenvalue weighted by Gasteiger charge is -2.39. The molecule has 0 radical (unpaired) electrons. The van der Waals surface area contributed by atoms with Gasteiger partial charge in [0.15, 0.2) is 0 Å². The molecule has 2 aromatic carbocycles. The van der Waals surface area contributed by atoms with Gasteiger partial charge in [-0.05, 0) is 80.0 Å². The van der Waals surface area contributed by atoms with E-state index in [-0.39, 0.29) is 5.41 Å². The molecular formula is C26H33ClO. The van der Waals surface area contributed by atoms with Gasteiger partial charge in [-0.15, -0.1) is 11.6 Å². The average molecular weight is 397 g/mol. The summed E-state index contributed by atoms with van der Waals surface area (Å²) in [6.07, 6.45) is 8.81. The maximum absolute atomic E-state index is 12.7. The fourth-order valence-electron chi connectivity index (χ4n) is 4.80. The summed E-state index contributed by atoms with van der Waals surface area (Å²) >= 11 is 5.86. The van der Waals surface area contributed by atoms with Crippen molar-refractivity contribution in [1.29, 1.82) is 0 Å². The Morgan fingerprint density at radius 2 is 1.57 bits per heavy atom. The lowest BCUT2D eigenvalue weighted by molar-refractivity contribution is -0.124. The van der Waals surface area contributed by atoms with Crippen molar-refractivity contribution >= 4 is 17.4 Å². The minimum atomic E-state index is -0.291. The highest BCUT2D eigenvalue weighted by Gasteiger charge is 2.40. The lowest BCUT2D eigenvalue weighted by atomic mass is 9.64. The van der Waals surface area contributed by atoms with Crippen LogP contribution in [0.15, 0.2) is 48.5 Å². The van der Waals surface area contributed by atoms with Crippen LogP contribution >= 0.6 is 11.6 Å². The monoisotopic (exact) mass is 396 g/mol. The third-order valence-corrected chi connectivity index (χ3v) is 6.91. The smallest absolute Gasteiger partial charge is 0.140 e. The molecule has 0 atom stereocenters. The van der Waals surface area contributed by atoms with Gasteiger partial charge < -0.3 is 0 Å². The summed E-state index contributed by atoms with van der Waals surface area (Å²) in [6.45, 7) is 3.99. The van der Waals surface area contributed by atoms with Crippen LogP contribution in [0.4, 0.5) is 0 Å². The number of carbonyl (C=O) groups is 1. The number of alkyl halides is 1. The molecule has 28 heavy (non-hydrogen) atoms. The van der Waals surface area contributed by atoms with Crippen LogP contribution in [-0.4, -0.2) is 11.7 Å². The first-order valence-corrected chi connectivity index (χ1v) is 11.4. The van der Waals surface area contributed by atoms with Gasteiger partial charge in [-0.2, -0.15) is 0 Å². The van der Waals surface area contributed by atoms with Crippen LogP contribution in [0.3, 0.4) is 0 Å². The normalized spacial score (nSPS) is 22.2. The molecule has 0 spiro atoms. The summed E-state index contributed by atoms with van der Waals surface area (Å²) in [4.78, 5) is 12.7. The van der Waals surface area contributed by atoms with Gasteiger partial charge in [0.2, 0.25) is 0 Å². The minimum Gasteiger partial charge on any atom is -0.299 e. The van der Waals surface area contributed by atoms with E-state index in [0.29, 0.717) is 5.78 Å². The molecule has 2 aromatic rings. The zero-order chi connectivity index (χ0) is 20.0. The predicted molar refractivity (Wildman–Crippen MR) is 120 cm³/mol. The molecule has 0 amide bonds. The molecule has 1 saturated carbocycles. The quantitative estimate of drug-likeness (QED) is 0.426. The van der Waals surface area contributed by atoms with Crippen LogP contribution in [-0.2, 0) is 16.6 Å². The predicted octanol–water partition coefficient (Wildman–Crippen LogP) is 7.34. The number of benzene rings is 2. The molecule has 0 heterocycles. The van der Waals surface area contributed by atoms with E-state index in [1.807, 2.05) is 0 Å². The number of hydrogen-bond acceptors (Lipinski definition) is 1. The zero-order valence-corrected chi connectivity index (χ0v) is 18.1. The Hall–Kier alpha value is -1.60. The summed E-state index contributed by atoms with van der Waals surface area (Å²) in [6, 6.07) is 17.6. The number of Topliss-reactive ketones (excluding diaryl/α,β-unsaturated/α-hetero) is 1. The van der Waals surface area contributed by atoms with Crippen molar-refractivity contribution in [2.24, 2.45) is 5.92 Å². The van der Waals surface area contributed by atoms with Gasteiger partial charge in [-0.25, -0.2) is 0 Å². The molecule has 0 bridgehead atoms. The van der Waals surface area contributed by atoms with E-state index in [9.17, 15) is 4.79 Å². The Kier molecular flexibility index (Phi) is 7.35. The number of rotatable bonds is 8. The average Bonchev–Trinajstić information content (AvgIpc) is 2.73. The first-order valence-electron chi connectivity index (χ1n) is 10.9. The zero-order valence-electron chi connectivity index (χ0n) is 17.3. The topological polar surface area (TPSA) is 17.1 Å². The number of hydrogen-bond donors (Lipinski definition) is 0. The van der Waals surface area contributed by atoms with Gasteiger partial charge in [0, 0.05) is 5.88 Å². The third-order valence-electron chi connectivity index (χ3n) is 6.64. The standard InChI is InChI=1S/C26H33ClO/c1-3-5-21-7-9-23(10-8-21)24-11-13-25(14-12-24)26(20(2)28)17-15-22(16-18-26)6-4-19-27/h7-14,22H,3-6,15-19H2,1-2H3/t22-,26+. The highest BCUT2D eigenvalue weighted by molar-refractivity contribution is 6.17. The van der Waals surface area contributed by atoms with Crippen molar-refractivity contribution in [2.45, 2.75) is 70.6 Å². The van der Waals surface area contributed by atoms with E-state index < -0.39 is 0 Å². The van der Waals surface area contributed by atoms with Gasteiger partial charge in [0.05, 0.1) is 5.41 Å². The highest BCUT2D eigenvalue weighted by atomic mass is 35.5. The van der Waals surface area contributed by atoms with Crippen LogP contribution in [0.2, 0.25) is 0 Å². The summed E-state index contributed by atoms with van der Waals surface area (Å²) < 4.78 is 0. The second-order valence-electron chi connectivity index (χ2n) is 8.44. The first kappa shape index (κ1) is 21.1. The van der Waals surface area contributed by atoms with Crippen molar-refractivity contribution in [2.75, 3.05) is 5.88 Å². The Labute approximate surface area is 175 Å². The maximum atomic E-state index is 12.7. The van der Waals surface area contributed by atoms with Crippen molar-refractivity contribution in [3.8, 4) is 11.1 Å². The molecule has 1 nitrogen and oxygen atoms in total. The van der Waals surface area contributed by atoms with Gasteiger partial charge in [0.1, 0.15) is 5.78 Å². The van der Waals surface area contributed by atoms with Crippen LogP contribution in [0.5, 0.6) is 0 Å². The van der Waals surface area contributed by atoms with Gasteiger partial charge in [0.25, 0.3) is 0 Å². The molecule has 150 valence electrons. The maximum Gasteiger partial charge on any atom is 0.140 e. The van der Waals surface area contributed by atoms with Crippen LogP contribution in [0, 0.1) is 5.92 Å². The van der Waals surface area contributed by atoms with E-state index >= 15 is 0 Å². The molecule has 0 aromatic heterocycles. The molecule has 1 aliphatic carbocycles. The van der Waals surface area contributed by atoms with E-state index in [1.165, 1.54) is 35.1 Å². The Morgan fingerprint density at radius 3 is 2.07 bits per heavy atom. The van der Waals surface area contributed by atoms with Crippen molar-refractivity contribution < 1.29 is 4.79 Å².